The van der Waals surface area contributed by atoms with Gasteiger partial charge >= 0.3 is 0 Å². The van der Waals surface area contributed by atoms with Crippen LogP contribution in [-0.4, -0.2) is 19.3 Å². The molecule has 1 N–H and O–H groups in total. The number of aliphatic hydroxyl groups is 1. The first-order valence-electron chi connectivity index (χ1n) is 7.42. The van der Waals surface area contributed by atoms with Crippen molar-refractivity contribution in [1.82, 2.24) is 0 Å². The fourth-order valence-corrected chi connectivity index (χ4v) is 3.91. The first kappa shape index (κ1) is 15.7. The molecule has 0 aromatic heterocycles. The van der Waals surface area contributed by atoms with Gasteiger partial charge in [0.25, 0.3) is 0 Å². The maximum atomic E-state index is 12.4. The lowest BCUT2D eigenvalue weighted by Gasteiger charge is -2.13. The van der Waals surface area contributed by atoms with Crippen LogP contribution in [0.15, 0.2) is 71.6 Å². The second-order valence-electron chi connectivity index (χ2n) is 5.72. The zero-order valence-electron chi connectivity index (χ0n) is 12.8. The topological polar surface area (TPSA) is 54.4 Å². The van der Waals surface area contributed by atoms with Gasteiger partial charge in [-0.15, -0.1) is 0 Å². The van der Waals surface area contributed by atoms with E-state index in [1.54, 1.807) is 30.3 Å². The highest BCUT2D eigenvalue weighted by molar-refractivity contribution is 7.91. The van der Waals surface area contributed by atoms with Gasteiger partial charge in [-0.25, -0.2) is 8.42 Å². The molecule has 0 amide bonds. The third-order valence-corrected chi connectivity index (χ3v) is 5.66. The molecule has 0 radical (unpaired) electrons. The summed E-state index contributed by atoms with van der Waals surface area (Å²) in [5.74, 6) is -0.325. The summed E-state index contributed by atoms with van der Waals surface area (Å²) < 4.78 is 24.9. The Morgan fingerprint density at radius 1 is 0.913 bits per heavy atom. The first-order valence-corrected chi connectivity index (χ1v) is 9.07. The molecule has 1 atom stereocenters. The first-order chi connectivity index (χ1) is 11.0. The number of aryl methyl sites for hydroxylation is 1. The average molecular weight is 326 g/mol. The third-order valence-electron chi connectivity index (χ3n) is 3.92. The Labute approximate surface area is 136 Å². The zero-order chi connectivity index (χ0) is 16.4. The van der Waals surface area contributed by atoms with E-state index in [1.807, 2.05) is 43.3 Å². The molecule has 3 rings (SSSR count). The molecule has 0 unspecified atom stereocenters. The highest BCUT2D eigenvalue weighted by atomic mass is 32.2. The van der Waals surface area contributed by atoms with Crippen LogP contribution < -0.4 is 0 Å². The number of fused-ring (bicyclic) bond motifs is 1. The summed E-state index contributed by atoms with van der Waals surface area (Å²) in [4.78, 5) is 0.239. The summed E-state index contributed by atoms with van der Waals surface area (Å²) in [5, 5.41) is 12.4. The van der Waals surface area contributed by atoms with Gasteiger partial charge in [0.15, 0.2) is 9.84 Å². The summed E-state index contributed by atoms with van der Waals surface area (Å²) >= 11 is 0. The van der Waals surface area contributed by atoms with E-state index < -0.39 is 15.9 Å². The second-order valence-corrected chi connectivity index (χ2v) is 7.75. The monoisotopic (exact) mass is 326 g/mol. The summed E-state index contributed by atoms with van der Waals surface area (Å²) in [5.41, 5.74) is 1.61. The van der Waals surface area contributed by atoms with Crippen molar-refractivity contribution in [1.29, 1.82) is 0 Å². The van der Waals surface area contributed by atoms with E-state index in [9.17, 15) is 13.5 Å². The molecule has 0 spiro atoms. The van der Waals surface area contributed by atoms with Gasteiger partial charge in [-0.3, -0.25) is 0 Å². The van der Waals surface area contributed by atoms with E-state index >= 15 is 0 Å². The molecule has 0 aliphatic heterocycles. The van der Waals surface area contributed by atoms with Crippen molar-refractivity contribution in [2.24, 2.45) is 0 Å². The predicted octanol–water partition coefficient (Wildman–Crippen LogP) is 3.66. The Hall–Kier alpha value is -2.17. The number of hydrogen-bond donors (Lipinski definition) is 1. The molecule has 0 fully saturated rings. The van der Waals surface area contributed by atoms with E-state index in [1.165, 1.54) is 0 Å². The normalized spacial score (nSPS) is 13.1. The van der Waals surface area contributed by atoms with Crippen LogP contribution in [-0.2, 0) is 9.84 Å². The molecule has 0 saturated heterocycles. The van der Waals surface area contributed by atoms with Crippen LogP contribution in [0.2, 0.25) is 0 Å². The van der Waals surface area contributed by atoms with E-state index in [-0.39, 0.29) is 10.6 Å². The van der Waals surface area contributed by atoms with Crippen molar-refractivity contribution < 1.29 is 13.5 Å². The van der Waals surface area contributed by atoms with Crippen molar-refractivity contribution in [3.8, 4) is 0 Å². The third kappa shape index (κ3) is 3.44. The molecule has 23 heavy (non-hydrogen) atoms. The van der Waals surface area contributed by atoms with Gasteiger partial charge in [0.1, 0.15) is 0 Å². The SMILES string of the molecule is Cc1ccc(S(=O)(=O)C[C@@H](O)c2ccc3ccccc3c2)cc1. The highest BCUT2D eigenvalue weighted by Gasteiger charge is 2.21. The lowest BCUT2D eigenvalue weighted by Crippen LogP contribution is -2.14. The van der Waals surface area contributed by atoms with Crippen molar-refractivity contribution in [2.45, 2.75) is 17.9 Å². The van der Waals surface area contributed by atoms with Gasteiger partial charge in [0.2, 0.25) is 0 Å². The van der Waals surface area contributed by atoms with Crippen LogP contribution >= 0.6 is 0 Å². The summed E-state index contributed by atoms with van der Waals surface area (Å²) in [6.45, 7) is 1.90. The molecular weight excluding hydrogens is 308 g/mol. The van der Waals surface area contributed by atoms with Gasteiger partial charge in [-0.05, 0) is 41.5 Å². The fraction of sp³-hybridized carbons (Fsp3) is 0.158. The Morgan fingerprint density at radius 3 is 2.26 bits per heavy atom. The number of rotatable bonds is 4. The Morgan fingerprint density at radius 2 is 1.57 bits per heavy atom. The maximum absolute atomic E-state index is 12.4. The quantitative estimate of drug-likeness (QED) is 0.796. The number of hydrogen-bond acceptors (Lipinski definition) is 3. The molecule has 0 saturated carbocycles. The van der Waals surface area contributed by atoms with Crippen molar-refractivity contribution >= 4 is 20.6 Å². The average Bonchev–Trinajstić information content (AvgIpc) is 2.54. The van der Waals surface area contributed by atoms with Crippen LogP contribution in [0.3, 0.4) is 0 Å². The minimum atomic E-state index is -3.53. The Bertz CT molecular complexity index is 928. The molecule has 3 nitrogen and oxygen atoms in total. The lowest BCUT2D eigenvalue weighted by molar-refractivity contribution is 0.202. The standard InChI is InChI=1S/C19H18O3S/c1-14-6-10-18(11-7-14)23(21,22)13-19(20)17-9-8-15-4-2-3-5-16(15)12-17/h2-12,19-20H,13H2,1H3/t19-/m1/s1. The van der Waals surface area contributed by atoms with Gasteiger partial charge in [0, 0.05) is 0 Å². The molecule has 0 heterocycles. The van der Waals surface area contributed by atoms with Gasteiger partial charge < -0.3 is 5.11 Å². The minimum absolute atomic E-state index is 0.239. The molecule has 118 valence electrons. The Kier molecular flexibility index (Phi) is 4.20. The Balaban J connectivity index is 1.87. The molecule has 3 aromatic rings. The van der Waals surface area contributed by atoms with Crippen molar-refractivity contribution in [3.63, 3.8) is 0 Å². The second kappa shape index (κ2) is 6.14. The molecule has 0 bridgehead atoms. The van der Waals surface area contributed by atoms with E-state index in [0.29, 0.717) is 5.56 Å². The van der Waals surface area contributed by atoms with Crippen LogP contribution in [0, 0.1) is 6.92 Å². The maximum Gasteiger partial charge on any atom is 0.181 e. The van der Waals surface area contributed by atoms with E-state index in [4.69, 9.17) is 0 Å². The predicted molar refractivity (Wildman–Crippen MR) is 92.1 cm³/mol. The smallest absolute Gasteiger partial charge is 0.181 e. The minimum Gasteiger partial charge on any atom is -0.387 e. The van der Waals surface area contributed by atoms with Crippen molar-refractivity contribution in [2.75, 3.05) is 5.75 Å². The summed E-state index contributed by atoms with van der Waals surface area (Å²) in [6.07, 6.45) is -1.05. The zero-order valence-corrected chi connectivity index (χ0v) is 13.6. The largest absolute Gasteiger partial charge is 0.387 e. The summed E-state index contributed by atoms with van der Waals surface area (Å²) in [6, 6.07) is 20.0. The molecule has 3 aromatic carbocycles. The highest BCUT2D eigenvalue weighted by Crippen LogP contribution is 2.23. The number of sulfone groups is 1. The van der Waals surface area contributed by atoms with Crippen LogP contribution in [0.5, 0.6) is 0 Å². The van der Waals surface area contributed by atoms with Crippen LogP contribution in [0.25, 0.3) is 10.8 Å². The fourth-order valence-electron chi connectivity index (χ4n) is 2.56. The van der Waals surface area contributed by atoms with Crippen LogP contribution in [0.1, 0.15) is 17.2 Å². The van der Waals surface area contributed by atoms with Gasteiger partial charge in [-0.2, -0.15) is 0 Å². The van der Waals surface area contributed by atoms with Gasteiger partial charge in [-0.1, -0.05) is 54.1 Å². The number of aliphatic hydroxyl groups excluding tert-OH is 1. The van der Waals surface area contributed by atoms with Crippen LogP contribution in [0.4, 0.5) is 0 Å². The summed E-state index contributed by atoms with van der Waals surface area (Å²) in [7, 11) is -3.53. The number of benzene rings is 3. The lowest BCUT2D eigenvalue weighted by atomic mass is 10.0. The van der Waals surface area contributed by atoms with E-state index in [2.05, 4.69) is 0 Å². The molecule has 0 aliphatic carbocycles. The molecule has 4 heteroatoms. The molecule has 0 aliphatic rings. The van der Waals surface area contributed by atoms with Gasteiger partial charge in [0.05, 0.1) is 16.8 Å². The van der Waals surface area contributed by atoms with Crippen molar-refractivity contribution in [3.05, 3.63) is 77.9 Å². The molecular formula is C19H18O3S. The van der Waals surface area contributed by atoms with E-state index in [0.717, 1.165) is 16.3 Å².